The van der Waals surface area contributed by atoms with Crippen LogP contribution in [0.3, 0.4) is 0 Å². The fraction of sp³-hybridized carbons (Fsp3) is 0.556. The highest BCUT2D eigenvalue weighted by Crippen LogP contribution is 2.06. The van der Waals surface area contributed by atoms with Crippen LogP contribution in [-0.4, -0.2) is 11.7 Å². The minimum Gasteiger partial charge on any atom is -0.369 e. The molecule has 0 aromatic heterocycles. The highest BCUT2D eigenvalue weighted by molar-refractivity contribution is 5.98. The lowest BCUT2D eigenvalue weighted by Gasteiger charge is -2.04. The Kier molecular flexibility index (Phi) is 5.00. The van der Waals surface area contributed by atoms with E-state index >= 15 is 0 Å². The fourth-order valence-corrected chi connectivity index (χ4v) is 0.818. The van der Waals surface area contributed by atoms with Crippen molar-refractivity contribution >= 4 is 11.7 Å². The van der Waals surface area contributed by atoms with Crippen LogP contribution in [0.5, 0.6) is 0 Å². The van der Waals surface area contributed by atoms with Gasteiger partial charge in [0.25, 0.3) is 0 Å². The average Bonchev–Trinajstić information content (AvgIpc) is 1.98. The second kappa shape index (κ2) is 5.52. The molecule has 0 aliphatic carbocycles. The maximum Gasteiger partial charge on any atom is 0.224 e. The lowest BCUT2D eigenvalue weighted by molar-refractivity contribution is -0.128. The Morgan fingerprint density at radius 3 is 2.50 bits per heavy atom. The highest BCUT2D eigenvalue weighted by Gasteiger charge is 2.13. The summed E-state index contributed by atoms with van der Waals surface area (Å²) in [7, 11) is 0. The third kappa shape index (κ3) is 4.66. The summed E-state index contributed by atoms with van der Waals surface area (Å²) in [4.78, 5) is 21.5. The second-order valence-electron chi connectivity index (χ2n) is 2.82. The number of carbonyl (C=O) groups is 2. The quantitative estimate of drug-likeness (QED) is 0.493. The van der Waals surface area contributed by atoms with E-state index in [1.807, 2.05) is 19.1 Å². The van der Waals surface area contributed by atoms with Crippen LogP contribution >= 0.6 is 0 Å². The van der Waals surface area contributed by atoms with Gasteiger partial charge in [-0.1, -0.05) is 19.1 Å². The summed E-state index contributed by atoms with van der Waals surface area (Å²) in [6.45, 7) is 3.69. The van der Waals surface area contributed by atoms with Gasteiger partial charge in [0.05, 0.1) is 6.42 Å². The number of nitrogens with two attached hydrogens (primary N) is 1. The van der Waals surface area contributed by atoms with Gasteiger partial charge in [0.15, 0.2) is 0 Å². The lowest BCUT2D eigenvalue weighted by atomic mass is 10.00. The maximum atomic E-state index is 11.1. The van der Waals surface area contributed by atoms with Gasteiger partial charge in [0.2, 0.25) is 5.91 Å². The van der Waals surface area contributed by atoms with E-state index in [1.54, 1.807) is 6.92 Å². The zero-order chi connectivity index (χ0) is 9.56. The molecular weight excluding hydrogens is 154 g/mol. The number of hydrogen-bond acceptors (Lipinski definition) is 2. The Morgan fingerprint density at radius 1 is 1.50 bits per heavy atom. The van der Waals surface area contributed by atoms with Crippen LogP contribution in [0.25, 0.3) is 0 Å². The van der Waals surface area contributed by atoms with Crippen LogP contribution in [-0.2, 0) is 9.59 Å². The summed E-state index contributed by atoms with van der Waals surface area (Å²) in [5, 5.41) is 0. The molecule has 0 rings (SSSR count). The van der Waals surface area contributed by atoms with Gasteiger partial charge in [-0.2, -0.15) is 0 Å². The van der Waals surface area contributed by atoms with Crippen LogP contribution < -0.4 is 5.73 Å². The molecule has 0 fully saturated rings. The van der Waals surface area contributed by atoms with Gasteiger partial charge in [-0.15, -0.1) is 0 Å². The number of carbonyl (C=O) groups excluding carboxylic acids is 2. The predicted octanol–water partition coefficient (Wildman–Crippen LogP) is 1.03. The Bertz CT molecular complexity index is 197. The number of rotatable bonds is 5. The van der Waals surface area contributed by atoms with Crippen LogP contribution in [0.4, 0.5) is 0 Å². The van der Waals surface area contributed by atoms with Gasteiger partial charge >= 0.3 is 0 Å². The van der Waals surface area contributed by atoms with Crippen molar-refractivity contribution in [1.82, 2.24) is 0 Å². The van der Waals surface area contributed by atoms with E-state index in [0.717, 1.165) is 0 Å². The number of hydrogen-bond donors (Lipinski definition) is 1. The fourth-order valence-electron chi connectivity index (χ4n) is 0.818. The second-order valence-corrected chi connectivity index (χ2v) is 2.82. The smallest absolute Gasteiger partial charge is 0.224 e. The molecule has 0 aromatic rings. The molecule has 0 aliphatic rings. The van der Waals surface area contributed by atoms with Crippen molar-refractivity contribution in [3.63, 3.8) is 0 Å². The third-order valence-electron chi connectivity index (χ3n) is 1.62. The topological polar surface area (TPSA) is 60.2 Å². The van der Waals surface area contributed by atoms with E-state index in [9.17, 15) is 9.59 Å². The molecule has 0 heterocycles. The molecule has 0 aliphatic heterocycles. The highest BCUT2D eigenvalue weighted by atomic mass is 16.2. The summed E-state index contributed by atoms with van der Waals surface area (Å²) in [6, 6.07) is 0. The summed E-state index contributed by atoms with van der Waals surface area (Å²) in [5.41, 5.74) is 4.88. The molecule has 0 unspecified atom stereocenters. The van der Waals surface area contributed by atoms with E-state index in [-0.39, 0.29) is 18.1 Å². The Morgan fingerprint density at radius 2 is 2.08 bits per heavy atom. The van der Waals surface area contributed by atoms with E-state index in [4.69, 9.17) is 5.73 Å². The minimum absolute atomic E-state index is 0.0828. The van der Waals surface area contributed by atoms with Gasteiger partial charge in [-0.05, 0) is 13.3 Å². The predicted molar refractivity (Wildman–Crippen MR) is 47.4 cm³/mol. The molecule has 0 saturated carbocycles. The molecular formula is C9H15NO2. The van der Waals surface area contributed by atoms with Crippen LogP contribution in [0.15, 0.2) is 12.2 Å². The van der Waals surface area contributed by atoms with E-state index in [0.29, 0.717) is 6.42 Å². The summed E-state index contributed by atoms with van der Waals surface area (Å²) >= 11 is 0. The van der Waals surface area contributed by atoms with E-state index in [1.165, 1.54) is 0 Å². The van der Waals surface area contributed by atoms with Crippen molar-refractivity contribution in [2.24, 2.45) is 11.7 Å². The van der Waals surface area contributed by atoms with Crippen LogP contribution in [0, 0.1) is 5.92 Å². The lowest BCUT2D eigenvalue weighted by Crippen LogP contribution is -2.20. The molecule has 1 atom stereocenters. The normalized spacial score (nSPS) is 13.2. The first-order chi connectivity index (χ1) is 5.57. The molecule has 0 radical (unpaired) electrons. The first-order valence-electron chi connectivity index (χ1n) is 4.00. The van der Waals surface area contributed by atoms with E-state index < -0.39 is 5.91 Å². The Labute approximate surface area is 72.6 Å². The summed E-state index contributed by atoms with van der Waals surface area (Å²) in [5.74, 6) is -0.735. The molecule has 3 nitrogen and oxygen atoms in total. The molecule has 12 heavy (non-hydrogen) atoms. The maximum absolute atomic E-state index is 11.1. The van der Waals surface area contributed by atoms with Gasteiger partial charge < -0.3 is 5.73 Å². The van der Waals surface area contributed by atoms with E-state index in [2.05, 4.69) is 0 Å². The van der Waals surface area contributed by atoms with Crippen LogP contribution in [0.2, 0.25) is 0 Å². The number of Topliss-reactive ketones (excluding diaryl/α,β-unsaturated/α-hetero) is 1. The van der Waals surface area contributed by atoms with Gasteiger partial charge in [-0.3, -0.25) is 9.59 Å². The van der Waals surface area contributed by atoms with Crippen molar-refractivity contribution in [2.75, 3.05) is 0 Å². The zero-order valence-electron chi connectivity index (χ0n) is 7.54. The van der Waals surface area contributed by atoms with Crippen molar-refractivity contribution in [3.05, 3.63) is 12.2 Å². The number of primary amides is 1. The molecule has 68 valence electrons. The first-order valence-corrected chi connectivity index (χ1v) is 4.00. The zero-order valence-corrected chi connectivity index (χ0v) is 7.54. The minimum atomic E-state index is -0.549. The Hall–Kier alpha value is -1.12. The molecule has 0 saturated heterocycles. The molecule has 0 bridgehead atoms. The molecule has 2 N–H and O–H groups in total. The monoisotopic (exact) mass is 169 g/mol. The Balaban J connectivity index is 3.84. The van der Waals surface area contributed by atoms with Crippen molar-refractivity contribution in [1.29, 1.82) is 0 Å². The molecule has 1 amide bonds. The van der Waals surface area contributed by atoms with Gasteiger partial charge in [-0.25, -0.2) is 0 Å². The molecule has 3 heteroatoms. The van der Waals surface area contributed by atoms with Gasteiger partial charge in [0, 0.05) is 5.92 Å². The first kappa shape index (κ1) is 10.9. The molecule has 0 aromatic carbocycles. The number of amides is 1. The van der Waals surface area contributed by atoms with Crippen molar-refractivity contribution < 1.29 is 9.59 Å². The summed E-state index contributed by atoms with van der Waals surface area (Å²) < 4.78 is 0. The number of allylic oxidation sites excluding steroid dienone is 2. The van der Waals surface area contributed by atoms with Gasteiger partial charge in [0.1, 0.15) is 5.78 Å². The van der Waals surface area contributed by atoms with Crippen LogP contribution in [0.1, 0.15) is 26.7 Å². The average molecular weight is 169 g/mol. The molecule has 0 spiro atoms. The largest absolute Gasteiger partial charge is 0.369 e. The van der Waals surface area contributed by atoms with Crippen molar-refractivity contribution in [3.8, 4) is 0 Å². The SMILES string of the molecule is C/C=C/C[C@@H](C)C(=O)CC(N)=O. The standard InChI is InChI=1S/C9H15NO2/c1-3-4-5-7(2)8(11)6-9(10)12/h3-4,7H,5-6H2,1-2H3,(H2,10,12)/b4-3+/t7-/m1/s1. The summed E-state index contributed by atoms with van der Waals surface area (Å²) in [6.07, 6.45) is 4.33. The third-order valence-corrected chi connectivity index (χ3v) is 1.62. The van der Waals surface area contributed by atoms with Crippen molar-refractivity contribution in [2.45, 2.75) is 26.7 Å². The number of ketones is 1.